The number of aromatic nitrogens is 2. The van der Waals surface area contributed by atoms with E-state index in [1.807, 2.05) is 6.20 Å². The van der Waals surface area contributed by atoms with E-state index in [9.17, 15) is 0 Å². The highest BCUT2D eigenvalue weighted by Crippen LogP contribution is 2.31. The second-order valence-electron chi connectivity index (χ2n) is 10.8. The van der Waals surface area contributed by atoms with Gasteiger partial charge in [-0.1, -0.05) is 137 Å². The van der Waals surface area contributed by atoms with Gasteiger partial charge in [0.1, 0.15) is 5.82 Å². The van der Waals surface area contributed by atoms with E-state index in [0.29, 0.717) is 17.9 Å². The number of nitrogens with zero attached hydrogens (tertiary/aromatic N) is 2. The molecule has 2 atom stereocenters. The zero-order valence-electron chi connectivity index (χ0n) is 22.7. The third-order valence-electron chi connectivity index (χ3n) is 7.40. The van der Waals surface area contributed by atoms with Gasteiger partial charge in [-0.25, -0.2) is 4.98 Å². The van der Waals surface area contributed by atoms with Crippen molar-refractivity contribution in [2.45, 2.75) is 169 Å². The molecular weight excluding hydrogens is 388 g/mol. The molecule has 0 aliphatic carbocycles. The SMILES string of the molecule is CCCCCCCCCCCCCC(C)n1ccnc1C(CCCCCCCC)C(C)C. The van der Waals surface area contributed by atoms with Gasteiger partial charge in [-0.3, -0.25) is 0 Å². The highest BCUT2D eigenvalue weighted by molar-refractivity contribution is 5.03. The fourth-order valence-corrected chi connectivity index (χ4v) is 5.13. The number of imidazole rings is 1. The van der Waals surface area contributed by atoms with Gasteiger partial charge in [-0.2, -0.15) is 0 Å². The summed E-state index contributed by atoms with van der Waals surface area (Å²) in [4.78, 5) is 4.85. The van der Waals surface area contributed by atoms with E-state index in [1.54, 1.807) is 0 Å². The van der Waals surface area contributed by atoms with E-state index in [0.717, 1.165) is 0 Å². The van der Waals surface area contributed by atoms with E-state index in [1.165, 1.54) is 128 Å². The average molecular weight is 447 g/mol. The van der Waals surface area contributed by atoms with Crippen LogP contribution in [0.2, 0.25) is 0 Å². The molecule has 1 heterocycles. The average Bonchev–Trinajstić information content (AvgIpc) is 3.26. The molecule has 0 N–H and O–H groups in total. The lowest BCUT2D eigenvalue weighted by atomic mass is 9.89. The molecule has 188 valence electrons. The number of hydrogen-bond acceptors (Lipinski definition) is 1. The summed E-state index contributed by atoms with van der Waals surface area (Å²) in [6.45, 7) is 11.8. The van der Waals surface area contributed by atoms with E-state index < -0.39 is 0 Å². The van der Waals surface area contributed by atoms with Gasteiger partial charge < -0.3 is 4.57 Å². The van der Waals surface area contributed by atoms with Crippen molar-refractivity contribution in [1.29, 1.82) is 0 Å². The molecule has 1 rings (SSSR count). The topological polar surface area (TPSA) is 17.8 Å². The van der Waals surface area contributed by atoms with Crippen LogP contribution in [-0.2, 0) is 0 Å². The highest BCUT2D eigenvalue weighted by atomic mass is 15.1. The summed E-state index contributed by atoms with van der Waals surface area (Å²) in [7, 11) is 0. The Bertz CT molecular complexity index is 519. The van der Waals surface area contributed by atoms with Crippen LogP contribution in [0.1, 0.15) is 174 Å². The molecule has 1 aromatic rings. The third-order valence-corrected chi connectivity index (χ3v) is 7.40. The Balaban J connectivity index is 2.28. The first-order valence-electron chi connectivity index (χ1n) is 14.6. The monoisotopic (exact) mass is 446 g/mol. The van der Waals surface area contributed by atoms with Gasteiger partial charge in [0.25, 0.3) is 0 Å². The van der Waals surface area contributed by atoms with Gasteiger partial charge in [-0.15, -0.1) is 0 Å². The Morgan fingerprint density at radius 2 is 1.06 bits per heavy atom. The zero-order chi connectivity index (χ0) is 23.4. The Hall–Kier alpha value is -0.790. The quantitative estimate of drug-likeness (QED) is 0.162. The van der Waals surface area contributed by atoms with Crippen molar-refractivity contribution in [3.8, 4) is 0 Å². The molecule has 0 aromatic carbocycles. The Kier molecular flexibility index (Phi) is 18.0. The van der Waals surface area contributed by atoms with Crippen LogP contribution < -0.4 is 0 Å². The van der Waals surface area contributed by atoms with Crippen molar-refractivity contribution in [3.05, 3.63) is 18.2 Å². The van der Waals surface area contributed by atoms with Crippen molar-refractivity contribution >= 4 is 0 Å². The Morgan fingerprint density at radius 3 is 1.53 bits per heavy atom. The van der Waals surface area contributed by atoms with Crippen molar-refractivity contribution in [2.24, 2.45) is 5.92 Å². The summed E-state index contributed by atoms with van der Waals surface area (Å²) in [5.74, 6) is 2.63. The van der Waals surface area contributed by atoms with Crippen molar-refractivity contribution < 1.29 is 0 Å². The van der Waals surface area contributed by atoms with E-state index in [4.69, 9.17) is 4.98 Å². The molecule has 32 heavy (non-hydrogen) atoms. The molecule has 0 aliphatic rings. The maximum absolute atomic E-state index is 4.85. The molecular formula is C30H58N2. The van der Waals surface area contributed by atoms with E-state index >= 15 is 0 Å². The summed E-state index contributed by atoms with van der Waals surface area (Å²) < 4.78 is 2.51. The fourth-order valence-electron chi connectivity index (χ4n) is 5.13. The third kappa shape index (κ3) is 13.0. The van der Waals surface area contributed by atoms with Crippen LogP contribution in [0.15, 0.2) is 12.4 Å². The molecule has 0 amide bonds. The zero-order valence-corrected chi connectivity index (χ0v) is 22.7. The molecule has 0 bridgehead atoms. The minimum Gasteiger partial charge on any atom is -0.332 e. The number of hydrogen-bond donors (Lipinski definition) is 0. The van der Waals surface area contributed by atoms with Gasteiger partial charge in [0.05, 0.1) is 0 Å². The lowest BCUT2D eigenvalue weighted by Gasteiger charge is -2.25. The van der Waals surface area contributed by atoms with Crippen LogP contribution in [0.5, 0.6) is 0 Å². The predicted molar refractivity (Wildman–Crippen MR) is 144 cm³/mol. The molecule has 1 aromatic heterocycles. The highest BCUT2D eigenvalue weighted by Gasteiger charge is 2.22. The molecule has 2 unspecified atom stereocenters. The summed E-state index contributed by atoms with van der Waals surface area (Å²) in [5.41, 5.74) is 0. The van der Waals surface area contributed by atoms with Crippen molar-refractivity contribution in [2.75, 3.05) is 0 Å². The Morgan fingerprint density at radius 1 is 0.625 bits per heavy atom. The van der Waals surface area contributed by atoms with Gasteiger partial charge in [0.2, 0.25) is 0 Å². The van der Waals surface area contributed by atoms with Crippen LogP contribution in [0, 0.1) is 5.92 Å². The smallest absolute Gasteiger partial charge is 0.112 e. The normalized spacial score (nSPS) is 13.7. The summed E-state index contributed by atoms with van der Waals surface area (Å²) in [5, 5.41) is 0. The molecule has 0 saturated heterocycles. The van der Waals surface area contributed by atoms with Crippen LogP contribution in [0.3, 0.4) is 0 Å². The molecule has 2 heteroatoms. The van der Waals surface area contributed by atoms with E-state index in [2.05, 4.69) is 45.4 Å². The van der Waals surface area contributed by atoms with Gasteiger partial charge in [-0.05, 0) is 25.7 Å². The molecule has 0 fully saturated rings. The summed E-state index contributed by atoms with van der Waals surface area (Å²) in [6, 6.07) is 0.580. The van der Waals surface area contributed by atoms with Gasteiger partial charge in [0, 0.05) is 24.4 Å². The van der Waals surface area contributed by atoms with Crippen LogP contribution in [0.4, 0.5) is 0 Å². The lowest BCUT2D eigenvalue weighted by molar-refractivity contribution is 0.382. The van der Waals surface area contributed by atoms with Gasteiger partial charge >= 0.3 is 0 Å². The lowest BCUT2D eigenvalue weighted by Crippen LogP contribution is -2.16. The maximum Gasteiger partial charge on any atom is 0.112 e. The summed E-state index contributed by atoms with van der Waals surface area (Å²) >= 11 is 0. The molecule has 0 spiro atoms. The van der Waals surface area contributed by atoms with Crippen LogP contribution in [0.25, 0.3) is 0 Å². The number of unbranched alkanes of at least 4 members (excludes halogenated alkanes) is 15. The second kappa shape index (κ2) is 19.7. The Labute approximate surface area is 202 Å². The largest absolute Gasteiger partial charge is 0.332 e. The molecule has 2 nitrogen and oxygen atoms in total. The molecule has 0 radical (unpaired) electrons. The minimum absolute atomic E-state index is 0.580. The van der Waals surface area contributed by atoms with E-state index in [-0.39, 0.29) is 0 Å². The standard InChI is InChI=1S/C30H58N2/c1-6-8-10-12-14-15-16-17-18-19-21-23-28(5)32-26-25-31-30(32)29(27(3)4)24-22-20-13-11-9-7-2/h25-29H,6-24H2,1-5H3. The summed E-state index contributed by atoms with van der Waals surface area (Å²) in [6.07, 6.45) is 30.8. The van der Waals surface area contributed by atoms with Gasteiger partial charge in [0.15, 0.2) is 0 Å². The first-order chi connectivity index (χ1) is 15.6. The predicted octanol–water partition coefficient (Wildman–Crippen LogP) is 10.6. The van der Waals surface area contributed by atoms with Crippen LogP contribution in [-0.4, -0.2) is 9.55 Å². The van der Waals surface area contributed by atoms with Crippen molar-refractivity contribution in [3.63, 3.8) is 0 Å². The second-order valence-corrected chi connectivity index (χ2v) is 10.8. The van der Waals surface area contributed by atoms with Crippen molar-refractivity contribution in [1.82, 2.24) is 9.55 Å². The first kappa shape index (κ1) is 29.2. The fraction of sp³-hybridized carbons (Fsp3) is 0.900. The molecule has 0 saturated carbocycles. The maximum atomic E-state index is 4.85. The number of rotatable bonds is 22. The first-order valence-corrected chi connectivity index (χ1v) is 14.6. The minimum atomic E-state index is 0.580. The van der Waals surface area contributed by atoms with Crippen LogP contribution >= 0.6 is 0 Å². The molecule has 0 aliphatic heterocycles.